The Balaban J connectivity index is 2.37. The van der Waals surface area contributed by atoms with E-state index in [1.165, 1.54) is 22.9 Å². The van der Waals surface area contributed by atoms with Gasteiger partial charge in [-0.15, -0.1) is 0 Å². The summed E-state index contributed by atoms with van der Waals surface area (Å²) in [6, 6.07) is 7.28. The van der Waals surface area contributed by atoms with Gasteiger partial charge >= 0.3 is 0 Å². The fourth-order valence-electron chi connectivity index (χ4n) is 1.51. The summed E-state index contributed by atoms with van der Waals surface area (Å²) in [5.74, 6) is -0.498. The summed E-state index contributed by atoms with van der Waals surface area (Å²) in [6.45, 7) is 0.141. The first-order valence-electron chi connectivity index (χ1n) is 5.01. The van der Waals surface area contributed by atoms with Crippen LogP contribution in [0.1, 0.15) is 11.1 Å². The summed E-state index contributed by atoms with van der Waals surface area (Å²) in [5, 5.41) is 12.7. The molecule has 1 aromatic heterocycles. The summed E-state index contributed by atoms with van der Waals surface area (Å²) >= 11 is 1.99. The Hall–Kier alpha value is -1.75. The zero-order chi connectivity index (χ0) is 13.1. The molecule has 0 atom stereocenters. The zero-order valence-electron chi connectivity index (χ0n) is 9.10. The fraction of sp³-hybridized carbons (Fsp3) is 0.0833. The number of benzene rings is 1. The Bertz CT molecular complexity index is 690. The minimum atomic E-state index is -0.498. The Morgan fingerprint density at radius 1 is 1.39 bits per heavy atom. The minimum Gasteiger partial charge on any atom is -0.268 e. The van der Waals surface area contributed by atoms with E-state index in [0.29, 0.717) is 5.56 Å². The molecule has 0 spiro atoms. The smallest absolute Gasteiger partial charge is 0.268 e. The van der Waals surface area contributed by atoms with Crippen LogP contribution in [0.3, 0.4) is 0 Å². The first-order valence-corrected chi connectivity index (χ1v) is 6.08. The van der Waals surface area contributed by atoms with Crippen LogP contribution < -0.4 is 5.56 Å². The average Bonchev–Trinajstić information content (AvgIpc) is 2.32. The second-order valence-electron chi connectivity index (χ2n) is 3.63. The zero-order valence-corrected chi connectivity index (χ0v) is 11.3. The lowest BCUT2D eigenvalue weighted by Crippen LogP contribution is -2.22. The molecule has 0 saturated heterocycles. The molecule has 0 N–H and O–H groups in total. The van der Waals surface area contributed by atoms with E-state index in [2.05, 4.69) is 5.10 Å². The topological polar surface area (TPSA) is 58.7 Å². The standard InChI is InChI=1S/C12H7FIN3O/c13-10-2-8(5-15)1-9(3-10)7-17-12(18)4-11(14)6-16-17/h1-4,6H,7H2. The average molecular weight is 355 g/mol. The summed E-state index contributed by atoms with van der Waals surface area (Å²) in [5.41, 5.74) is 0.496. The van der Waals surface area contributed by atoms with Crippen LogP contribution in [0.15, 0.2) is 35.3 Å². The molecule has 1 heterocycles. The Morgan fingerprint density at radius 3 is 2.83 bits per heavy atom. The SMILES string of the molecule is N#Cc1cc(F)cc(Cn2ncc(I)cc2=O)c1. The molecule has 0 bridgehead atoms. The van der Waals surface area contributed by atoms with Gasteiger partial charge in [-0.1, -0.05) is 0 Å². The van der Waals surface area contributed by atoms with Gasteiger partial charge in [0.15, 0.2) is 0 Å². The van der Waals surface area contributed by atoms with Crippen molar-refractivity contribution in [3.05, 3.63) is 61.3 Å². The third-order valence-corrected chi connectivity index (χ3v) is 2.85. The van der Waals surface area contributed by atoms with Crippen LogP contribution in [-0.4, -0.2) is 9.78 Å². The van der Waals surface area contributed by atoms with Crippen molar-refractivity contribution in [1.29, 1.82) is 5.26 Å². The monoisotopic (exact) mass is 355 g/mol. The highest BCUT2D eigenvalue weighted by Gasteiger charge is 2.04. The van der Waals surface area contributed by atoms with Crippen molar-refractivity contribution in [1.82, 2.24) is 9.78 Å². The number of hydrogen-bond donors (Lipinski definition) is 0. The van der Waals surface area contributed by atoms with Gasteiger partial charge in [-0.3, -0.25) is 4.79 Å². The summed E-state index contributed by atoms with van der Waals surface area (Å²) < 4.78 is 15.2. The second kappa shape index (κ2) is 5.27. The van der Waals surface area contributed by atoms with E-state index in [4.69, 9.17) is 5.26 Å². The van der Waals surface area contributed by atoms with E-state index in [1.54, 1.807) is 6.20 Å². The van der Waals surface area contributed by atoms with Crippen molar-refractivity contribution in [2.24, 2.45) is 0 Å². The summed E-state index contributed by atoms with van der Waals surface area (Å²) in [6.07, 6.45) is 1.55. The lowest BCUT2D eigenvalue weighted by atomic mass is 10.1. The van der Waals surface area contributed by atoms with Crippen molar-refractivity contribution in [3.8, 4) is 6.07 Å². The molecule has 0 amide bonds. The highest BCUT2D eigenvalue weighted by Crippen LogP contribution is 2.09. The van der Waals surface area contributed by atoms with E-state index < -0.39 is 5.82 Å². The van der Waals surface area contributed by atoms with Crippen LogP contribution >= 0.6 is 22.6 Å². The number of rotatable bonds is 2. The van der Waals surface area contributed by atoms with Gasteiger partial charge in [0.1, 0.15) is 5.82 Å². The molecule has 18 heavy (non-hydrogen) atoms. The first kappa shape index (κ1) is 12.7. The van der Waals surface area contributed by atoms with Crippen molar-refractivity contribution in [2.45, 2.75) is 6.54 Å². The maximum Gasteiger partial charge on any atom is 0.268 e. The molecule has 0 aliphatic carbocycles. The van der Waals surface area contributed by atoms with Crippen LogP contribution in [0, 0.1) is 20.7 Å². The summed E-state index contributed by atoms with van der Waals surface area (Å²) in [7, 11) is 0. The molecule has 0 aliphatic heterocycles. The van der Waals surface area contributed by atoms with Gasteiger partial charge in [-0.2, -0.15) is 10.4 Å². The number of aromatic nitrogens is 2. The first-order chi connectivity index (χ1) is 8.58. The van der Waals surface area contributed by atoms with E-state index in [-0.39, 0.29) is 17.7 Å². The second-order valence-corrected chi connectivity index (χ2v) is 4.88. The molecular formula is C12H7FIN3O. The molecule has 0 saturated carbocycles. The van der Waals surface area contributed by atoms with E-state index in [0.717, 1.165) is 9.64 Å². The minimum absolute atomic E-state index is 0.141. The van der Waals surface area contributed by atoms with Gasteiger partial charge in [0.2, 0.25) is 0 Å². The van der Waals surface area contributed by atoms with Gasteiger partial charge < -0.3 is 0 Å². The van der Waals surface area contributed by atoms with Crippen molar-refractivity contribution in [3.63, 3.8) is 0 Å². The molecule has 0 aliphatic rings. The molecule has 0 radical (unpaired) electrons. The maximum atomic E-state index is 13.2. The van der Waals surface area contributed by atoms with Gasteiger partial charge in [0.05, 0.1) is 24.4 Å². The van der Waals surface area contributed by atoms with Crippen molar-refractivity contribution >= 4 is 22.6 Å². The van der Waals surface area contributed by atoms with Crippen LogP contribution in [0.5, 0.6) is 0 Å². The Kier molecular flexibility index (Phi) is 3.72. The quantitative estimate of drug-likeness (QED) is 0.774. The summed E-state index contributed by atoms with van der Waals surface area (Å²) in [4.78, 5) is 11.6. The number of nitriles is 1. The Labute approximate surface area is 116 Å². The number of hydrogen-bond acceptors (Lipinski definition) is 3. The third-order valence-electron chi connectivity index (χ3n) is 2.26. The number of nitrogens with zero attached hydrogens (tertiary/aromatic N) is 3. The molecule has 0 unspecified atom stereocenters. The third kappa shape index (κ3) is 2.92. The highest BCUT2D eigenvalue weighted by molar-refractivity contribution is 14.1. The largest absolute Gasteiger partial charge is 0.268 e. The van der Waals surface area contributed by atoms with Gasteiger partial charge in [-0.25, -0.2) is 9.07 Å². The lowest BCUT2D eigenvalue weighted by Gasteiger charge is -2.05. The van der Waals surface area contributed by atoms with E-state index >= 15 is 0 Å². The van der Waals surface area contributed by atoms with Gasteiger partial charge in [0.25, 0.3) is 5.56 Å². The molecule has 2 rings (SSSR count). The molecule has 2 aromatic rings. The van der Waals surface area contributed by atoms with Gasteiger partial charge in [0, 0.05) is 9.64 Å². The maximum absolute atomic E-state index is 13.2. The van der Waals surface area contributed by atoms with Crippen molar-refractivity contribution in [2.75, 3.05) is 0 Å². The Morgan fingerprint density at radius 2 is 2.17 bits per heavy atom. The molecule has 4 nitrogen and oxygen atoms in total. The van der Waals surface area contributed by atoms with Crippen LogP contribution in [0.4, 0.5) is 4.39 Å². The highest BCUT2D eigenvalue weighted by atomic mass is 127. The van der Waals surface area contributed by atoms with E-state index in [9.17, 15) is 9.18 Å². The van der Waals surface area contributed by atoms with Crippen LogP contribution in [0.25, 0.3) is 0 Å². The van der Waals surface area contributed by atoms with Gasteiger partial charge in [-0.05, 0) is 46.4 Å². The van der Waals surface area contributed by atoms with E-state index in [1.807, 2.05) is 28.7 Å². The normalized spacial score (nSPS) is 10.1. The van der Waals surface area contributed by atoms with Crippen molar-refractivity contribution < 1.29 is 4.39 Å². The molecule has 0 fully saturated rings. The molecular weight excluding hydrogens is 348 g/mol. The number of halogens is 2. The molecule has 6 heteroatoms. The van der Waals surface area contributed by atoms with Crippen LogP contribution in [0.2, 0.25) is 0 Å². The lowest BCUT2D eigenvalue weighted by molar-refractivity contribution is 0.609. The predicted octanol–water partition coefficient (Wildman–Crippen LogP) is 1.91. The fourth-order valence-corrected chi connectivity index (χ4v) is 1.90. The molecule has 90 valence electrons. The predicted molar refractivity (Wildman–Crippen MR) is 71.4 cm³/mol. The molecule has 1 aromatic carbocycles. The van der Waals surface area contributed by atoms with Crippen LogP contribution in [-0.2, 0) is 6.54 Å².